The third-order valence-corrected chi connectivity index (χ3v) is 4.42. The molecule has 6 nitrogen and oxygen atoms in total. The maximum absolute atomic E-state index is 5.44. The molecule has 0 amide bonds. The smallest absolute Gasteiger partial charge is 0.242 e. The van der Waals surface area contributed by atoms with Gasteiger partial charge in [-0.3, -0.25) is 15.1 Å². The minimum absolute atomic E-state index is 0.490. The number of H-pyrrole nitrogens is 1. The van der Waals surface area contributed by atoms with E-state index in [1.54, 1.807) is 7.11 Å². The van der Waals surface area contributed by atoms with E-state index >= 15 is 0 Å². The third-order valence-electron chi connectivity index (χ3n) is 3.83. The van der Waals surface area contributed by atoms with Crippen molar-refractivity contribution < 1.29 is 4.74 Å². The maximum atomic E-state index is 5.44. The number of hydrogen-bond donors (Lipinski definition) is 1. The second kappa shape index (κ2) is 6.40. The minimum Gasteiger partial charge on any atom is -0.479 e. The molecule has 4 aromatic rings. The summed E-state index contributed by atoms with van der Waals surface area (Å²) in [6, 6.07) is 11.7. The summed E-state index contributed by atoms with van der Waals surface area (Å²) in [6.45, 7) is 1.96. The first-order valence-corrected chi connectivity index (χ1v) is 8.72. The third kappa shape index (κ3) is 2.95. The quantitative estimate of drug-likeness (QED) is 0.485. The van der Waals surface area contributed by atoms with Crippen LogP contribution in [0.25, 0.3) is 33.7 Å². The van der Waals surface area contributed by atoms with Gasteiger partial charge in [0.1, 0.15) is 0 Å². The number of fused-ring (bicyclic) bond motifs is 1. The van der Waals surface area contributed by atoms with Gasteiger partial charge in [0.15, 0.2) is 0 Å². The number of methoxy groups -OCH3 is 1. The van der Waals surface area contributed by atoms with Crippen LogP contribution in [0.3, 0.4) is 0 Å². The highest BCUT2D eigenvalue weighted by atomic mass is 127. The summed E-state index contributed by atoms with van der Waals surface area (Å²) in [5.74, 6) is 0.490. The highest BCUT2D eigenvalue weighted by Crippen LogP contribution is 2.36. The van der Waals surface area contributed by atoms with Crippen molar-refractivity contribution in [2.45, 2.75) is 6.92 Å². The lowest BCUT2D eigenvalue weighted by molar-refractivity contribution is 0.398. The van der Waals surface area contributed by atoms with E-state index in [1.807, 2.05) is 49.5 Å². The maximum Gasteiger partial charge on any atom is 0.242 e. The average molecular weight is 443 g/mol. The fourth-order valence-electron chi connectivity index (χ4n) is 2.70. The summed E-state index contributed by atoms with van der Waals surface area (Å²) in [7, 11) is 1.60. The molecule has 0 radical (unpaired) electrons. The van der Waals surface area contributed by atoms with Crippen LogP contribution in [0.1, 0.15) is 5.69 Å². The zero-order valence-corrected chi connectivity index (χ0v) is 15.8. The number of ether oxygens (including phenoxy) is 1. The van der Waals surface area contributed by atoms with Gasteiger partial charge in [-0.1, -0.05) is 6.07 Å². The second-order valence-corrected chi connectivity index (χ2v) is 6.78. The Labute approximate surface area is 157 Å². The Morgan fingerprint density at radius 1 is 1.04 bits per heavy atom. The molecule has 0 atom stereocenters. The van der Waals surface area contributed by atoms with E-state index in [1.165, 1.54) is 0 Å². The van der Waals surface area contributed by atoms with Crippen molar-refractivity contribution in [2.24, 2.45) is 0 Å². The number of nitrogens with one attached hydrogen (secondary N) is 1. The summed E-state index contributed by atoms with van der Waals surface area (Å²) < 4.78 is 6.48. The number of rotatable bonds is 3. The molecule has 0 aliphatic carbocycles. The standard InChI is InChI=1S/C18H14IN5O/c1-10-4-3-5-14(21-10)17-16(18(25-2)24-23-17)13-7-6-12-15(22-13)8-11(19)9-20-12/h3-9H,1-2H3,(H,23,24). The van der Waals surface area contributed by atoms with Crippen molar-refractivity contribution in [3.63, 3.8) is 0 Å². The summed E-state index contributed by atoms with van der Waals surface area (Å²) in [5, 5.41) is 7.30. The topological polar surface area (TPSA) is 76.6 Å². The van der Waals surface area contributed by atoms with Gasteiger partial charge in [0.2, 0.25) is 5.88 Å². The Morgan fingerprint density at radius 2 is 1.92 bits per heavy atom. The highest BCUT2D eigenvalue weighted by molar-refractivity contribution is 14.1. The Morgan fingerprint density at radius 3 is 2.72 bits per heavy atom. The Hall–Kier alpha value is -2.55. The number of aryl methyl sites for hydroxylation is 1. The van der Waals surface area contributed by atoms with E-state index in [2.05, 4.69) is 42.8 Å². The molecule has 0 saturated heterocycles. The number of pyridine rings is 3. The van der Waals surface area contributed by atoms with E-state index in [4.69, 9.17) is 9.72 Å². The predicted octanol–water partition coefficient (Wildman–Crippen LogP) is 4.00. The molecule has 0 fully saturated rings. The van der Waals surface area contributed by atoms with Gasteiger partial charge in [-0.2, -0.15) is 0 Å². The van der Waals surface area contributed by atoms with E-state index in [0.29, 0.717) is 5.88 Å². The van der Waals surface area contributed by atoms with Gasteiger partial charge < -0.3 is 4.74 Å². The normalized spacial score (nSPS) is 11.0. The van der Waals surface area contributed by atoms with E-state index < -0.39 is 0 Å². The van der Waals surface area contributed by atoms with Crippen LogP contribution in [-0.2, 0) is 0 Å². The van der Waals surface area contributed by atoms with Crippen LogP contribution in [0.15, 0.2) is 42.6 Å². The van der Waals surface area contributed by atoms with Crippen LogP contribution in [0.5, 0.6) is 5.88 Å². The number of hydrogen-bond acceptors (Lipinski definition) is 5. The molecule has 0 aromatic carbocycles. The zero-order chi connectivity index (χ0) is 17.4. The van der Waals surface area contributed by atoms with E-state index in [-0.39, 0.29) is 0 Å². The lowest BCUT2D eigenvalue weighted by atomic mass is 10.1. The largest absolute Gasteiger partial charge is 0.479 e. The van der Waals surface area contributed by atoms with E-state index in [9.17, 15) is 0 Å². The fraction of sp³-hybridized carbons (Fsp3) is 0.111. The summed E-state index contributed by atoms with van der Waals surface area (Å²) in [6.07, 6.45) is 1.82. The lowest BCUT2D eigenvalue weighted by Gasteiger charge is -2.06. The van der Waals surface area contributed by atoms with Gasteiger partial charge in [-0.25, -0.2) is 4.98 Å². The molecule has 124 valence electrons. The van der Waals surface area contributed by atoms with E-state index in [0.717, 1.165) is 42.9 Å². The molecule has 7 heteroatoms. The van der Waals surface area contributed by atoms with Crippen LogP contribution < -0.4 is 4.74 Å². The molecule has 1 N–H and O–H groups in total. The fourth-order valence-corrected chi connectivity index (χ4v) is 3.13. The van der Waals surface area contributed by atoms with Gasteiger partial charge in [0, 0.05) is 15.5 Å². The van der Waals surface area contributed by atoms with Crippen molar-refractivity contribution in [1.82, 2.24) is 25.1 Å². The Kier molecular flexibility index (Phi) is 4.08. The number of halogens is 1. The molecule has 25 heavy (non-hydrogen) atoms. The monoisotopic (exact) mass is 443 g/mol. The summed E-state index contributed by atoms with van der Waals surface area (Å²) in [4.78, 5) is 13.7. The predicted molar refractivity (Wildman–Crippen MR) is 104 cm³/mol. The Bertz CT molecular complexity index is 1080. The van der Waals surface area contributed by atoms with Crippen LogP contribution in [0.4, 0.5) is 0 Å². The molecular weight excluding hydrogens is 429 g/mol. The first-order valence-electron chi connectivity index (χ1n) is 7.65. The van der Waals surface area contributed by atoms with Crippen LogP contribution in [0.2, 0.25) is 0 Å². The van der Waals surface area contributed by atoms with Crippen molar-refractivity contribution >= 4 is 33.6 Å². The zero-order valence-electron chi connectivity index (χ0n) is 13.6. The van der Waals surface area contributed by atoms with Crippen LogP contribution in [-0.4, -0.2) is 32.3 Å². The number of aromatic nitrogens is 5. The highest BCUT2D eigenvalue weighted by Gasteiger charge is 2.20. The first-order chi connectivity index (χ1) is 12.2. The minimum atomic E-state index is 0.490. The molecule has 4 aromatic heterocycles. The molecule has 0 bridgehead atoms. The summed E-state index contributed by atoms with van der Waals surface area (Å²) >= 11 is 2.23. The lowest BCUT2D eigenvalue weighted by Crippen LogP contribution is -1.93. The van der Waals surface area contributed by atoms with Gasteiger partial charge in [0.25, 0.3) is 0 Å². The Balaban J connectivity index is 1.94. The van der Waals surface area contributed by atoms with Crippen molar-refractivity contribution in [1.29, 1.82) is 0 Å². The second-order valence-electron chi connectivity index (χ2n) is 5.54. The molecule has 0 aliphatic heterocycles. The van der Waals surface area contributed by atoms with Crippen LogP contribution >= 0.6 is 22.6 Å². The molecule has 0 aliphatic rings. The molecule has 0 unspecified atom stereocenters. The molecule has 0 saturated carbocycles. The molecule has 4 rings (SSSR count). The SMILES string of the molecule is COc1n[nH]c(-c2cccc(C)n2)c1-c1ccc2ncc(I)cc2n1. The molecule has 4 heterocycles. The van der Waals surface area contributed by atoms with Gasteiger partial charge in [-0.15, -0.1) is 5.10 Å². The van der Waals surface area contributed by atoms with Crippen molar-refractivity contribution in [3.8, 4) is 28.5 Å². The molecule has 0 spiro atoms. The van der Waals surface area contributed by atoms with Crippen molar-refractivity contribution in [3.05, 3.63) is 51.9 Å². The van der Waals surface area contributed by atoms with Gasteiger partial charge in [0.05, 0.1) is 40.8 Å². The van der Waals surface area contributed by atoms with Crippen molar-refractivity contribution in [2.75, 3.05) is 7.11 Å². The van der Waals surface area contributed by atoms with Gasteiger partial charge >= 0.3 is 0 Å². The molecular formula is C18H14IN5O. The first kappa shape index (κ1) is 15.9. The summed E-state index contributed by atoms with van der Waals surface area (Å²) in [5.41, 5.74) is 5.75. The average Bonchev–Trinajstić information content (AvgIpc) is 3.05. The number of nitrogens with zero attached hydrogens (tertiary/aromatic N) is 4. The van der Waals surface area contributed by atoms with Crippen LogP contribution in [0, 0.1) is 10.5 Å². The number of aromatic amines is 1. The van der Waals surface area contributed by atoms with Gasteiger partial charge in [-0.05, 0) is 59.8 Å².